The van der Waals surface area contributed by atoms with Crippen LogP contribution in [-0.2, 0) is 0 Å². The second-order valence-corrected chi connectivity index (χ2v) is 4.38. The molecular weight excluding hydrogens is 232 g/mol. The number of aromatic nitrogens is 2. The summed E-state index contributed by atoms with van der Waals surface area (Å²) in [6, 6.07) is 0.463. The lowest BCUT2D eigenvalue weighted by molar-refractivity contribution is 0.299. The van der Waals surface area contributed by atoms with Gasteiger partial charge >= 0.3 is 0 Å². The zero-order valence-corrected chi connectivity index (χ0v) is 10.7. The number of nitrogens with one attached hydrogen (secondary N) is 1. The Bertz CT molecular complexity index is 369. The molecular formula is C12H20N4O2. The molecule has 100 valence electrons. The molecule has 0 amide bonds. The Hall–Kier alpha value is -1.40. The summed E-state index contributed by atoms with van der Waals surface area (Å²) in [7, 11) is 1.57. The minimum Gasteiger partial charge on any atom is -0.480 e. The molecule has 0 aliphatic carbocycles. The van der Waals surface area contributed by atoms with Gasteiger partial charge in [-0.05, 0) is 19.4 Å². The molecule has 2 N–H and O–H groups in total. The zero-order chi connectivity index (χ0) is 12.8. The molecule has 1 aliphatic rings. The van der Waals surface area contributed by atoms with Gasteiger partial charge in [0.1, 0.15) is 0 Å². The average molecular weight is 252 g/mol. The predicted molar refractivity (Wildman–Crippen MR) is 68.9 cm³/mol. The maximum Gasteiger partial charge on any atom is 0.233 e. The van der Waals surface area contributed by atoms with Gasteiger partial charge in [-0.15, -0.1) is 0 Å². The molecule has 1 fully saturated rings. The summed E-state index contributed by atoms with van der Waals surface area (Å²) in [5.41, 5.74) is 0. The maximum absolute atomic E-state index is 9.16. The van der Waals surface area contributed by atoms with Gasteiger partial charge in [-0.3, -0.25) is 4.98 Å². The van der Waals surface area contributed by atoms with Crippen LogP contribution >= 0.6 is 0 Å². The number of anilines is 1. The van der Waals surface area contributed by atoms with Crippen molar-refractivity contribution in [1.29, 1.82) is 0 Å². The molecule has 1 unspecified atom stereocenters. The van der Waals surface area contributed by atoms with Crippen molar-refractivity contribution in [2.45, 2.75) is 18.9 Å². The Morgan fingerprint density at radius 2 is 2.44 bits per heavy atom. The van der Waals surface area contributed by atoms with Crippen LogP contribution in [0, 0.1) is 0 Å². The van der Waals surface area contributed by atoms with Crippen LogP contribution in [0.15, 0.2) is 12.4 Å². The van der Waals surface area contributed by atoms with E-state index in [2.05, 4.69) is 15.3 Å². The largest absolute Gasteiger partial charge is 0.480 e. The lowest BCUT2D eigenvalue weighted by atomic mass is 10.2. The summed E-state index contributed by atoms with van der Waals surface area (Å²) >= 11 is 0. The lowest BCUT2D eigenvalue weighted by Gasteiger charge is -2.25. The van der Waals surface area contributed by atoms with E-state index in [9.17, 15) is 0 Å². The van der Waals surface area contributed by atoms with E-state index < -0.39 is 0 Å². The third-order valence-corrected chi connectivity index (χ3v) is 3.11. The van der Waals surface area contributed by atoms with E-state index in [4.69, 9.17) is 9.84 Å². The second-order valence-electron chi connectivity index (χ2n) is 4.38. The molecule has 0 aromatic carbocycles. The van der Waals surface area contributed by atoms with Crippen LogP contribution in [0.5, 0.6) is 5.88 Å². The van der Waals surface area contributed by atoms with Crippen molar-refractivity contribution in [1.82, 2.24) is 15.3 Å². The fourth-order valence-electron chi connectivity index (χ4n) is 2.19. The van der Waals surface area contributed by atoms with Gasteiger partial charge in [0.15, 0.2) is 5.82 Å². The Kier molecular flexibility index (Phi) is 4.72. The average Bonchev–Trinajstić information content (AvgIpc) is 2.91. The van der Waals surface area contributed by atoms with Gasteiger partial charge in [-0.1, -0.05) is 0 Å². The van der Waals surface area contributed by atoms with Gasteiger partial charge in [-0.2, -0.15) is 4.98 Å². The molecule has 0 radical (unpaired) electrons. The lowest BCUT2D eigenvalue weighted by Crippen LogP contribution is -2.39. The molecule has 1 aliphatic heterocycles. The van der Waals surface area contributed by atoms with Gasteiger partial charge in [-0.25, -0.2) is 0 Å². The fourth-order valence-corrected chi connectivity index (χ4v) is 2.19. The minimum atomic E-state index is 0.103. The first-order valence-corrected chi connectivity index (χ1v) is 6.28. The molecule has 2 heterocycles. The van der Waals surface area contributed by atoms with Crippen LogP contribution in [0.25, 0.3) is 0 Å². The van der Waals surface area contributed by atoms with Crippen LogP contribution in [0.1, 0.15) is 12.8 Å². The number of rotatable bonds is 6. The number of hydrogen-bond donors (Lipinski definition) is 2. The first-order chi connectivity index (χ1) is 8.83. The monoisotopic (exact) mass is 252 g/mol. The normalized spacial score (nSPS) is 18.9. The van der Waals surface area contributed by atoms with E-state index in [0.717, 1.165) is 18.9 Å². The van der Waals surface area contributed by atoms with Crippen molar-refractivity contribution in [3.8, 4) is 5.88 Å². The highest BCUT2D eigenvalue weighted by Crippen LogP contribution is 2.16. The molecule has 0 spiro atoms. The van der Waals surface area contributed by atoms with Crippen LogP contribution in [0.4, 0.5) is 5.82 Å². The van der Waals surface area contributed by atoms with Gasteiger partial charge in [0.05, 0.1) is 26.1 Å². The highest BCUT2D eigenvalue weighted by Gasteiger charge is 2.19. The number of methoxy groups -OCH3 is 1. The predicted octanol–water partition coefficient (Wildman–Crippen LogP) is 0.0359. The van der Waals surface area contributed by atoms with Gasteiger partial charge < -0.3 is 20.1 Å². The third-order valence-electron chi connectivity index (χ3n) is 3.11. The number of aliphatic hydroxyl groups is 1. The summed E-state index contributed by atoms with van der Waals surface area (Å²) in [5, 5.41) is 12.6. The smallest absolute Gasteiger partial charge is 0.233 e. The van der Waals surface area contributed by atoms with Crippen molar-refractivity contribution in [2.75, 3.05) is 38.3 Å². The summed E-state index contributed by atoms with van der Waals surface area (Å²) in [6.07, 6.45) is 5.66. The van der Waals surface area contributed by atoms with Crippen LogP contribution < -0.4 is 15.0 Å². The molecule has 6 heteroatoms. The molecule has 1 saturated heterocycles. The van der Waals surface area contributed by atoms with Crippen LogP contribution in [0.3, 0.4) is 0 Å². The Morgan fingerprint density at radius 3 is 3.11 bits per heavy atom. The molecule has 1 atom stereocenters. The van der Waals surface area contributed by atoms with Crippen molar-refractivity contribution in [3.05, 3.63) is 12.4 Å². The van der Waals surface area contributed by atoms with E-state index in [-0.39, 0.29) is 6.61 Å². The fraction of sp³-hybridized carbons (Fsp3) is 0.667. The topological polar surface area (TPSA) is 70.5 Å². The quantitative estimate of drug-likeness (QED) is 0.744. The Morgan fingerprint density at radius 1 is 1.56 bits per heavy atom. The molecule has 0 bridgehead atoms. The number of nitrogens with zero attached hydrogens (tertiary/aromatic N) is 3. The summed E-state index contributed by atoms with van der Waals surface area (Å²) in [4.78, 5) is 10.5. The van der Waals surface area contributed by atoms with Gasteiger partial charge in [0, 0.05) is 19.1 Å². The summed E-state index contributed by atoms with van der Waals surface area (Å²) in [5.74, 6) is 1.24. The zero-order valence-electron chi connectivity index (χ0n) is 10.7. The maximum atomic E-state index is 9.16. The molecule has 6 nitrogen and oxygen atoms in total. The van der Waals surface area contributed by atoms with E-state index in [0.29, 0.717) is 18.5 Å². The SMILES string of the molecule is COc1cncc(N(CCO)CC2CCCN2)n1. The highest BCUT2D eigenvalue weighted by molar-refractivity contribution is 5.37. The van der Waals surface area contributed by atoms with E-state index >= 15 is 0 Å². The first-order valence-electron chi connectivity index (χ1n) is 6.28. The standard InChI is InChI=1S/C12H20N4O2/c1-18-12-8-13-7-11(15-12)16(5-6-17)9-10-3-2-4-14-10/h7-8,10,14,17H,2-6,9H2,1H3. The van der Waals surface area contributed by atoms with E-state index in [1.54, 1.807) is 19.5 Å². The number of aliphatic hydroxyl groups excluding tert-OH is 1. The highest BCUT2D eigenvalue weighted by atomic mass is 16.5. The van der Waals surface area contributed by atoms with Crippen molar-refractivity contribution in [2.24, 2.45) is 0 Å². The molecule has 1 aromatic rings. The Balaban J connectivity index is 2.06. The summed E-state index contributed by atoms with van der Waals surface area (Å²) in [6.45, 7) is 2.56. The number of ether oxygens (including phenoxy) is 1. The third kappa shape index (κ3) is 3.30. The first kappa shape index (κ1) is 13.0. The summed E-state index contributed by atoms with van der Waals surface area (Å²) < 4.78 is 5.07. The molecule has 0 saturated carbocycles. The van der Waals surface area contributed by atoms with Crippen molar-refractivity contribution in [3.63, 3.8) is 0 Å². The van der Waals surface area contributed by atoms with Crippen molar-refractivity contribution < 1.29 is 9.84 Å². The second kappa shape index (κ2) is 6.51. The molecule has 2 rings (SSSR count). The molecule has 1 aromatic heterocycles. The van der Waals surface area contributed by atoms with E-state index in [1.165, 1.54) is 12.8 Å². The number of hydrogen-bond acceptors (Lipinski definition) is 6. The van der Waals surface area contributed by atoms with Crippen LogP contribution in [0.2, 0.25) is 0 Å². The van der Waals surface area contributed by atoms with Crippen LogP contribution in [-0.4, -0.2) is 54.5 Å². The van der Waals surface area contributed by atoms with E-state index in [1.807, 2.05) is 4.90 Å². The molecule has 18 heavy (non-hydrogen) atoms. The minimum absolute atomic E-state index is 0.103. The van der Waals surface area contributed by atoms with Gasteiger partial charge in [0.2, 0.25) is 5.88 Å². The van der Waals surface area contributed by atoms with Crippen molar-refractivity contribution >= 4 is 5.82 Å². The Labute approximate surface area is 107 Å². The van der Waals surface area contributed by atoms with Gasteiger partial charge in [0.25, 0.3) is 0 Å².